The number of rotatable bonds is 4. The highest BCUT2D eigenvalue weighted by Crippen LogP contribution is 2.10. The minimum Gasteiger partial charge on any atom is -0.382 e. The largest absolute Gasteiger partial charge is 0.382 e. The van der Waals surface area contributed by atoms with E-state index in [-0.39, 0.29) is 0 Å². The molecule has 5 heteroatoms. The third-order valence-electron chi connectivity index (χ3n) is 2.37. The molecule has 0 aliphatic carbocycles. The summed E-state index contributed by atoms with van der Waals surface area (Å²) < 4.78 is 1.71. The topological polar surface area (TPSA) is 68.8 Å². The number of nitrogens with two attached hydrogens (primary N) is 1. The Hall–Kier alpha value is -1.88. The summed E-state index contributed by atoms with van der Waals surface area (Å²) in [6.45, 7) is 1.30. The number of nitrogens with zero attached hydrogens (tertiary/aromatic N) is 3. The smallest absolute Gasteiger partial charge is 0.147 e. The summed E-state index contributed by atoms with van der Waals surface area (Å²) in [5, 5.41) is 11.1. The van der Waals surface area contributed by atoms with Crippen molar-refractivity contribution in [2.75, 3.05) is 12.8 Å². The molecule has 0 amide bonds. The fourth-order valence-electron chi connectivity index (χ4n) is 1.52. The molecule has 0 radical (unpaired) electrons. The molecule has 3 N–H and O–H groups in total. The van der Waals surface area contributed by atoms with Crippen LogP contribution in [-0.4, -0.2) is 22.0 Å². The lowest BCUT2D eigenvalue weighted by Gasteiger charge is -2.03. The van der Waals surface area contributed by atoms with Gasteiger partial charge < -0.3 is 11.1 Å². The van der Waals surface area contributed by atoms with E-state index in [1.807, 2.05) is 37.4 Å². The molecule has 0 atom stereocenters. The van der Waals surface area contributed by atoms with E-state index < -0.39 is 0 Å². The maximum Gasteiger partial charge on any atom is 0.147 e. The van der Waals surface area contributed by atoms with Crippen LogP contribution in [0.2, 0.25) is 0 Å². The number of hydrogen-bond donors (Lipinski definition) is 2. The van der Waals surface area contributed by atoms with Crippen molar-refractivity contribution in [2.45, 2.75) is 13.1 Å². The molecule has 5 nitrogen and oxygen atoms in total. The number of anilines is 1. The molecular formula is C11H15N5. The highest BCUT2D eigenvalue weighted by Gasteiger charge is 2.08. The van der Waals surface area contributed by atoms with Gasteiger partial charge in [0.2, 0.25) is 0 Å². The lowest BCUT2D eigenvalue weighted by molar-refractivity contribution is 0.656. The van der Waals surface area contributed by atoms with Crippen molar-refractivity contribution in [3.05, 3.63) is 41.6 Å². The number of aromatic nitrogens is 3. The summed E-state index contributed by atoms with van der Waals surface area (Å²) in [6.07, 6.45) is 0. The number of nitrogen functional groups attached to an aromatic ring is 1. The van der Waals surface area contributed by atoms with Gasteiger partial charge >= 0.3 is 0 Å². The second kappa shape index (κ2) is 4.76. The summed E-state index contributed by atoms with van der Waals surface area (Å²) in [5.74, 6) is 0.623. The van der Waals surface area contributed by atoms with E-state index in [0.29, 0.717) is 18.9 Å². The van der Waals surface area contributed by atoms with E-state index in [0.717, 1.165) is 11.3 Å². The molecule has 0 aliphatic rings. The fourth-order valence-corrected chi connectivity index (χ4v) is 1.52. The van der Waals surface area contributed by atoms with E-state index in [1.165, 1.54) is 0 Å². The first kappa shape index (κ1) is 10.6. The minimum atomic E-state index is 0.623. The van der Waals surface area contributed by atoms with Crippen molar-refractivity contribution in [1.29, 1.82) is 0 Å². The van der Waals surface area contributed by atoms with Crippen LogP contribution in [0.25, 0.3) is 0 Å². The molecule has 1 aromatic carbocycles. The van der Waals surface area contributed by atoms with Crippen LogP contribution in [-0.2, 0) is 13.1 Å². The summed E-state index contributed by atoms with van der Waals surface area (Å²) in [6, 6.07) is 10.1. The van der Waals surface area contributed by atoms with Gasteiger partial charge in [0.05, 0.1) is 6.54 Å². The molecule has 16 heavy (non-hydrogen) atoms. The Morgan fingerprint density at radius 3 is 2.75 bits per heavy atom. The van der Waals surface area contributed by atoms with Gasteiger partial charge in [0.15, 0.2) is 0 Å². The summed E-state index contributed by atoms with van der Waals surface area (Å²) in [4.78, 5) is 0. The molecular weight excluding hydrogens is 202 g/mol. The van der Waals surface area contributed by atoms with Gasteiger partial charge in [-0.3, -0.25) is 0 Å². The second-order valence-corrected chi connectivity index (χ2v) is 3.59. The third-order valence-corrected chi connectivity index (χ3v) is 2.37. The zero-order valence-corrected chi connectivity index (χ0v) is 9.22. The van der Waals surface area contributed by atoms with Crippen LogP contribution in [0.3, 0.4) is 0 Å². The highest BCUT2D eigenvalue weighted by atomic mass is 15.4. The van der Waals surface area contributed by atoms with E-state index in [9.17, 15) is 0 Å². The number of nitrogens with one attached hydrogen (secondary N) is 1. The average molecular weight is 217 g/mol. The molecule has 1 heterocycles. The third kappa shape index (κ3) is 2.20. The van der Waals surface area contributed by atoms with Crippen LogP contribution < -0.4 is 11.1 Å². The number of benzene rings is 1. The Bertz CT molecular complexity index is 449. The first-order chi connectivity index (χ1) is 7.81. The van der Waals surface area contributed by atoms with E-state index >= 15 is 0 Å². The minimum absolute atomic E-state index is 0.623. The van der Waals surface area contributed by atoms with Crippen LogP contribution in [0.5, 0.6) is 0 Å². The van der Waals surface area contributed by atoms with E-state index in [1.54, 1.807) is 4.68 Å². The van der Waals surface area contributed by atoms with Crippen LogP contribution in [0.4, 0.5) is 5.82 Å². The van der Waals surface area contributed by atoms with Gasteiger partial charge in [0.1, 0.15) is 11.5 Å². The lowest BCUT2D eigenvalue weighted by Crippen LogP contribution is -2.10. The predicted molar refractivity (Wildman–Crippen MR) is 62.7 cm³/mol. The van der Waals surface area contributed by atoms with Gasteiger partial charge in [0.25, 0.3) is 0 Å². The van der Waals surface area contributed by atoms with Crippen LogP contribution >= 0.6 is 0 Å². The molecule has 0 saturated heterocycles. The molecule has 0 bridgehead atoms. The molecule has 2 rings (SSSR count). The maximum absolute atomic E-state index is 5.94. The summed E-state index contributed by atoms with van der Waals surface area (Å²) in [7, 11) is 1.86. The van der Waals surface area contributed by atoms with Crippen molar-refractivity contribution < 1.29 is 0 Å². The van der Waals surface area contributed by atoms with E-state index in [2.05, 4.69) is 15.6 Å². The maximum atomic E-state index is 5.94. The monoisotopic (exact) mass is 217 g/mol. The van der Waals surface area contributed by atoms with Crippen molar-refractivity contribution in [3.63, 3.8) is 0 Å². The van der Waals surface area contributed by atoms with Crippen LogP contribution in [0.1, 0.15) is 11.3 Å². The Morgan fingerprint density at radius 2 is 2.06 bits per heavy atom. The zero-order chi connectivity index (χ0) is 11.4. The van der Waals surface area contributed by atoms with Crippen LogP contribution in [0, 0.1) is 0 Å². The standard InChI is InChI=1S/C11H15N5/c1-13-7-10-11(12)16(15-14-10)8-9-5-3-2-4-6-9/h2-6,13H,7-8,12H2,1H3. The molecule has 0 saturated carbocycles. The Balaban J connectivity index is 2.16. The van der Waals surface area contributed by atoms with Gasteiger partial charge in [-0.2, -0.15) is 0 Å². The highest BCUT2D eigenvalue weighted by molar-refractivity contribution is 5.34. The molecule has 1 aromatic heterocycles. The first-order valence-corrected chi connectivity index (χ1v) is 5.17. The summed E-state index contributed by atoms with van der Waals surface area (Å²) in [5.41, 5.74) is 7.89. The second-order valence-electron chi connectivity index (χ2n) is 3.59. The first-order valence-electron chi connectivity index (χ1n) is 5.17. The number of hydrogen-bond acceptors (Lipinski definition) is 4. The molecule has 0 fully saturated rings. The zero-order valence-electron chi connectivity index (χ0n) is 9.22. The fraction of sp³-hybridized carbons (Fsp3) is 0.273. The lowest BCUT2D eigenvalue weighted by atomic mass is 10.2. The predicted octanol–water partition coefficient (Wildman–Crippen LogP) is 0.628. The van der Waals surface area contributed by atoms with Crippen molar-refractivity contribution in [1.82, 2.24) is 20.3 Å². The van der Waals surface area contributed by atoms with Crippen LogP contribution in [0.15, 0.2) is 30.3 Å². The average Bonchev–Trinajstić information content (AvgIpc) is 2.64. The van der Waals surface area contributed by atoms with Gasteiger partial charge in [-0.25, -0.2) is 4.68 Å². The SMILES string of the molecule is CNCc1nnn(Cc2ccccc2)c1N. The van der Waals surface area contributed by atoms with Crippen molar-refractivity contribution >= 4 is 5.82 Å². The van der Waals surface area contributed by atoms with Crippen molar-refractivity contribution in [2.24, 2.45) is 0 Å². The molecule has 0 spiro atoms. The normalized spacial score (nSPS) is 10.6. The molecule has 0 unspecified atom stereocenters. The quantitative estimate of drug-likeness (QED) is 0.788. The molecule has 0 aliphatic heterocycles. The van der Waals surface area contributed by atoms with Gasteiger partial charge in [-0.15, -0.1) is 5.10 Å². The van der Waals surface area contributed by atoms with Gasteiger partial charge in [-0.05, 0) is 12.6 Å². The van der Waals surface area contributed by atoms with Crippen molar-refractivity contribution in [3.8, 4) is 0 Å². The molecule has 84 valence electrons. The summed E-state index contributed by atoms with van der Waals surface area (Å²) >= 11 is 0. The molecule has 2 aromatic rings. The Morgan fingerprint density at radius 1 is 1.31 bits per heavy atom. The Labute approximate surface area is 94.3 Å². The van der Waals surface area contributed by atoms with E-state index in [4.69, 9.17) is 5.73 Å². The Kier molecular flexibility index (Phi) is 3.16. The van der Waals surface area contributed by atoms with Gasteiger partial charge in [-0.1, -0.05) is 35.5 Å². The van der Waals surface area contributed by atoms with Gasteiger partial charge in [0, 0.05) is 6.54 Å².